The Morgan fingerprint density at radius 2 is 1.85 bits per heavy atom. The summed E-state index contributed by atoms with van der Waals surface area (Å²) in [6.45, 7) is 6.03. The number of halogens is 1. The second kappa shape index (κ2) is 12.6. The summed E-state index contributed by atoms with van der Waals surface area (Å²) in [6.07, 6.45) is 2.53. The number of hydrogen-bond donors (Lipinski definition) is 2. The molecule has 0 saturated carbocycles. The van der Waals surface area contributed by atoms with Crippen LogP contribution in [0.15, 0.2) is 18.2 Å². The molecule has 9 heteroatoms. The summed E-state index contributed by atoms with van der Waals surface area (Å²) < 4.78 is 21.8. The molecule has 8 nitrogen and oxygen atoms in total. The number of nitrogens with one attached hydrogen (secondary N) is 1. The first-order valence-electron chi connectivity index (χ1n) is 8.51. The Morgan fingerprint density at radius 3 is 2.33 bits per heavy atom. The number of alkyl carbamates (subject to hydrolysis) is 1. The lowest BCUT2D eigenvalue weighted by Crippen LogP contribution is -2.32. The third kappa shape index (κ3) is 14.2. The van der Waals surface area contributed by atoms with E-state index in [2.05, 4.69) is 15.0 Å². The Kier molecular flexibility index (Phi) is 11.3. The number of nitrogens with zero attached hydrogens (tertiary/aromatic N) is 1. The number of rotatable bonds is 7. The van der Waals surface area contributed by atoms with Gasteiger partial charge in [0, 0.05) is 13.0 Å². The third-order valence-electron chi connectivity index (χ3n) is 2.92. The van der Waals surface area contributed by atoms with Crippen molar-refractivity contribution in [1.82, 2.24) is 10.3 Å². The molecule has 1 aromatic rings. The van der Waals surface area contributed by atoms with Crippen LogP contribution in [0.5, 0.6) is 0 Å². The zero-order valence-corrected chi connectivity index (χ0v) is 16.2. The van der Waals surface area contributed by atoms with Crippen LogP contribution in [0.25, 0.3) is 0 Å². The van der Waals surface area contributed by atoms with E-state index in [4.69, 9.17) is 10.5 Å². The summed E-state index contributed by atoms with van der Waals surface area (Å²) in [4.78, 5) is 35.6. The molecular formula is C18H28FN3O5. The Labute approximate surface area is 158 Å². The molecule has 0 aliphatic heterocycles. The number of aromatic nitrogens is 1. The average molecular weight is 385 g/mol. The first-order chi connectivity index (χ1) is 12.5. The van der Waals surface area contributed by atoms with Crippen molar-refractivity contribution in [3.8, 4) is 0 Å². The molecule has 0 spiro atoms. The predicted molar refractivity (Wildman–Crippen MR) is 97.4 cm³/mol. The molecular weight excluding hydrogens is 357 g/mol. The molecule has 3 N–H and O–H groups in total. The molecule has 1 rings (SSSR count). The maximum atomic E-state index is 12.2. The molecule has 2 amide bonds. The normalized spacial score (nSPS) is 10.3. The number of carbonyl (C=O) groups excluding carboxylic acids is 3. The summed E-state index contributed by atoms with van der Waals surface area (Å²) in [5, 5.41) is 2.66. The highest BCUT2D eigenvalue weighted by Gasteiger charge is 2.15. The number of carbonyl (C=O) groups is 3. The second-order valence-electron chi connectivity index (χ2n) is 6.53. The zero-order chi connectivity index (χ0) is 20.9. The van der Waals surface area contributed by atoms with E-state index in [1.165, 1.54) is 19.2 Å². The maximum absolute atomic E-state index is 12.2. The van der Waals surface area contributed by atoms with Crippen molar-refractivity contribution < 1.29 is 28.2 Å². The smallest absolute Gasteiger partial charge is 0.407 e. The van der Waals surface area contributed by atoms with Crippen LogP contribution < -0.4 is 11.1 Å². The van der Waals surface area contributed by atoms with Crippen LogP contribution in [-0.4, -0.2) is 42.2 Å². The number of nitrogens with two attached hydrogens (primary N) is 1. The molecule has 0 unspecified atom stereocenters. The number of ether oxygens (including phenoxy) is 2. The van der Waals surface area contributed by atoms with Gasteiger partial charge in [-0.2, -0.15) is 4.39 Å². The Hall–Kier alpha value is -2.71. The molecule has 0 aromatic carbocycles. The lowest BCUT2D eigenvalue weighted by molar-refractivity contribution is -0.140. The van der Waals surface area contributed by atoms with Gasteiger partial charge in [0.2, 0.25) is 5.95 Å². The van der Waals surface area contributed by atoms with E-state index in [0.717, 1.165) is 25.3 Å². The van der Waals surface area contributed by atoms with Crippen molar-refractivity contribution in [2.45, 2.75) is 52.1 Å². The largest absolute Gasteiger partial charge is 0.469 e. The highest BCUT2D eigenvalue weighted by atomic mass is 19.1. The lowest BCUT2D eigenvalue weighted by Gasteiger charge is -2.19. The van der Waals surface area contributed by atoms with Crippen LogP contribution in [0.4, 0.5) is 9.18 Å². The van der Waals surface area contributed by atoms with Crippen LogP contribution in [0.3, 0.4) is 0 Å². The van der Waals surface area contributed by atoms with Gasteiger partial charge in [0.15, 0.2) is 0 Å². The minimum absolute atomic E-state index is 0.0556. The predicted octanol–water partition coefficient (Wildman–Crippen LogP) is 2.56. The van der Waals surface area contributed by atoms with Crippen molar-refractivity contribution in [2.75, 3.05) is 13.7 Å². The second-order valence-corrected chi connectivity index (χ2v) is 6.53. The van der Waals surface area contributed by atoms with Gasteiger partial charge in [0.25, 0.3) is 5.91 Å². The molecule has 0 bridgehead atoms. The van der Waals surface area contributed by atoms with Gasteiger partial charge in [-0.05, 0) is 45.7 Å². The minimum atomic E-state index is -0.723. The van der Waals surface area contributed by atoms with Crippen molar-refractivity contribution in [3.63, 3.8) is 0 Å². The summed E-state index contributed by atoms with van der Waals surface area (Å²) in [6, 6.07) is 3.88. The molecule has 0 saturated heterocycles. The van der Waals surface area contributed by atoms with Gasteiger partial charge >= 0.3 is 12.1 Å². The van der Waals surface area contributed by atoms with Crippen LogP contribution in [0, 0.1) is 5.95 Å². The Bertz CT molecular complexity index is 617. The molecule has 27 heavy (non-hydrogen) atoms. The number of primary amides is 1. The Balaban J connectivity index is 0.000000569. The van der Waals surface area contributed by atoms with Crippen LogP contribution >= 0.6 is 0 Å². The highest BCUT2D eigenvalue weighted by molar-refractivity contribution is 5.90. The van der Waals surface area contributed by atoms with E-state index in [9.17, 15) is 18.8 Å². The molecule has 152 valence electrons. The number of pyridine rings is 1. The highest BCUT2D eigenvalue weighted by Crippen LogP contribution is 2.06. The quantitative estimate of drug-likeness (QED) is 0.423. The van der Waals surface area contributed by atoms with Crippen molar-refractivity contribution >= 4 is 18.0 Å². The summed E-state index contributed by atoms with van der Waals surface area (Å²) in [5.41, 5.74) is 4.30. The van der Waals surface area contributed by atoms with E-state index in [1.54, 1.807) is 0 Å². The fraction of sp³-hybridized carbons (Fsp3) is 0.556. The van der Waals surface area contributed by atoms with E-state index in [1.807, 2.05) is 20.8 Å². The van der Waals surface area contributed by atoms with E-state index in [0.29, 0.717) is 13.0 Å². The van der Waals surface area contributed by atoms with Gasteiger partial charge in [-0.1, -0.05) is 12.5 Å². The van der Waals surface area contributed by atoms with Crippen LogP contribution in [0.2, 0.25) is 0 Å². The standard InChI is InChI=1S/C12H23NO4.C6H5FN2O/c1-12(2,3)17-11(15)13-9-7-5-6-8-10(14)16-4;7-5-3-1-2-4(9-5)6(8)10/h5-9H2,1-4H3,(H,13,15);1-3H,(H2,8,10). The van der Waals surface area contributed by atoms with Crippen molar-refractivity contribution in [2.24, 2.45) is 5.73 Å². The van der Waals surface area contributed by atoms with Gasteiger partial charge < -0.3 is 20.5 Å². The molecule has 0 radical (unpaired) electrons. The lowest BCUT2D eigenvalue weighted by atomic mass is 10.2. The van der Waals surface area contributed by atoms with Gasteiger partial charge in [0.05, 0.1) is 7.11 Å². The van der Waals surface area contributed by atoms with E-state index in [-0.39, 0.29) is 11.7 Å². The average Bonchev–Trinajstić information content (AvgIpc) is 2.56. The molecule has 0 atom stereocenters. The van der Waals surface area contributed by atoms with Crippen LogP contribution in [0.1, 0.15) is 56.9 Å². The van der Waals surface area contributed by atoms with E-state index >= 15 is 0 Å². The number of methoxy groups -OCH3 is 1. The number of esters is 1. The van der Waals surface area contributed by atoms with Crippen LogP contribution in [-0.2, 0) is 14.3 Å². The summed E-state index contributed by atoms with van der Waals surface area (Å²) in [7, 11) is 1.38. The first kappa shape index (κ1) is 24.3. The third-order valence-corrected chi connectivity index (χ3v) is 2.92. The summed E-state index contributed by atoms with van der Waals surface area (Å²) >= 11 is 0. The van der Waals surface area contributed by atoms with E-state index < -0.39 is 23.5 Å². The summed E-state index contributed by atoms with van der Waals surface area (Å²) in [5.74, 6) is -1.61. The topological polar surface area (TPSA) is 121 Å². The molecule has 1 aromatic heterocycles. The number of hydrogen-bond acceptors (Lipinski definition) is 6. The molecule has 1 heterocycles. The van der Waals surface area contributed by atoms with Crippen molar-refractivity contribution in [3.05, 3.63) is 29.8 Å². The molecule has 0 aliphatic carbocycles. The Morgan fingerprint density at radius 1 is 1.19 bits per heavy atom. The monoisotopic (exact) mass is 385 g/mol. The number of unbranched alkanes of at least 4 members (excludes halogenated alkanes) is 2. The molecule has 0 fully saturated rings. The maximum Gasteiger partial charge on any atom is 0.407 e. The SMILES string of the molecule is COC(=O)CCCCCNC(=O)OC(C)(C)C.NC(=O)c1cccc(F)n1. The van der Waals surface area contributed by atoms with Gasteiger partial charge in [0.1, 0.15) is 11.3 Å². The van der Waals surface area contributed by atoms with Crippen molar-refractivity contribution in [1.29, 1.82) is 0 Å². The fourth-order valence-corrected chi connectivity index (χ4v) is 1.72. The van der Waals surface area contributed by atoms with Gasteiger partial charge in [-0.25, -0.2) is 9.78 Å². The fourth-order valence-electron chi connectivity index (χ4n) is 1.72. The van der Waals surface area contributed by atoms with Gasteiger partial charge in [-0.3, -0.25) is 9.59 Å². The molecule has 0 aliphatic rings. The zero-order valence-electron chi connectivity index (χ0n) is 16.2. The minimum Gasteiger partial charge on any atom is -0.469 e. The van der Waals surface area contributed by atoms with Gasteiger partial charge in [-0.15, -0.1) is 0 Å². The first-order valence-corrected chi connectivity index (χ1v) is 8.51. The number of amides is 2.